The van der Waals surface area contributed by atoms with E-state index in [-0.39, 0.29) is 0 Å². The van der Waals surface area contributed by atoms with E-state index >= 15 is 0 Å². The van der Waals surface area contributed by atoms with Crippen molar-refractivity contribution < 1.29 is 0 Å². The van der Waals surface area contributed by atoms with Crippen molar-refractivity contribution in [3.63, 3.8) is 0 Å². The van der Waals surface area contributed by atoms with Crippen molar-refractivity contribution in [2.45, 2.75) is 25.8 Å². The summed E-state index contributed by atoms with van der Waals surface area (Å²) in [5.41, 5.74) is 2.34. The highest BCUT2D eigenvalue weighted by atomic mass is 79.9. The fourth-order valence-corrected chi connectivity index (χ4v) is 3.17. The largest absolute Gasteiger partial charge is 0.325 e. The molecule has 3 nitrogen and oxygen atoms in total. The topological polar surface area (TPSA) is 29.9 Å². The lowest BCUT2D eigenvalue weighted by molar-refractivity contribution is 0.370. The molecular formula is C13H16BrN3. The van der Waals surface area contributed by atoms with E-state index in [1.54, 1.807) is 0 Å². The third-order valence-corrected chi connectivity index (χ3v) is 4.16. The number of aromatic nitrogens is 2. The van der Waals surface area contributed by atoms with Crippen LogP contribution in [0.15, 0.2) is 22.7 Å². The number of imidazole rings is 1. The molecule has 4 heteroatoms. The summed E-state index contributed by atoms with van der Waals surface area (Å²) < 4.78 is 3.49. The van der Waals surface area contributed by atoms with E-state index in [0.717, 1.165) is 28.9 Å². The molecule has 3 rings (SSSR count). The smallest absolute Gasteiger partial charge is 0.107 e. The Labute approximate surface area is 109 Å². The molecule has 17 heavy (non-hydrogen) atoms. The second kappa shape index (κ2) is 4.42. The van der Waals surface area contributed by atoms with E-state index in [2.05, 4.69) is 55.9 Å². The summed E-state index contributed by atoms with van der Waals surface area (Å²) in [5.74, 6) is 1.12. The Morgan fingerprint density at radius 3 is 2.88 bits per heavy atom. The summed E-state index contributed by atoms with van der Waals surface area (Å²) in [5, 5.41) is 3.41. The molecule has 1 fully saturated rings. The predicted octanol–water partition coefficient (Wildman–Crippen LogP) is 3.03. The third kappa shape index (κ3) is 1.89. The standard InChI is InChI=1S/C13H16BrN3/c1-9-16-13-11(14)3-2-4-12(13)17(9)10-5-7-15-8-6-10/h2-4,10,15H,5-8H2,1H3. The maximum atomic E-state index is 4.68. The van der Waals surface area contributed by atoms with Crippen LogP contribution in [0.3, 0.4) is 0 Å². The maximum Gasteiger partial charge on any atom is 0.107 e. The average molecular weight is 294 g/mol. The highest BCUT2D eigenvalue weighted by molar-refractivity contribution is 9.10. The van der Waals surface area contributed by atoms with Crippen LogP contribution in [-0.2, 0) is 0 Å². The summed E-state index contributed by atoms with van der Waals surface area (Å²) in [6, 6.07) is 6.91. The van der Waals surface area contributed by atoms with Crippen LogP contribution in [0.25, 0.3) is 11.0 Å². The lowest BCUT2D eigenvalue weighted by Gasteiger charge is -2.25. The average Bonchev–Trinajstić information content (AvgIpc) is 2.68. The molecule has 0 amide bonds. The molecule has 0 radical (unpaired) electrons. The number of halogens is 1. The third-order valence-electron chi connectivity index (χ3n) is 3.52. The van der Waals surface area contributed by atoms with E-state index in [9.17, 15) is 0 Å². The number of para-hydroxylation sites is 1. The van der Waals surface area contributed by atoms with Crippen LogP contribution in [0.4, 0.5) is 0 Å². The Hall–Kier alpha value is -0.870. The van der Waals surface area contributed by atoms with Crippen LogP contribution >= 0.6 is 15.9 Å². The zero-order valence-electron chi connectivity index (χ0n) is 9.91. The van der Waals surface area contributed by atoms with E-state index in [4.69, 9.17) is 0 Å². The lowest BCUT2D eigenvalue weighted by Crippen LogP contribution is -2.29. The fraction of sp³-hybridized carbons (Fsp3) is 0.462. The van der Waals surface area contributed by atoms with Gasteiger partial charge < -0.3 is 9.88 Å². The molecule has 90 valence electrons. The van der Waals surface area contributed by atoms with Gasteiger partial charge in [-0.25, -0.2) is 4.98 Å². The molecule has 0 aliphatic carbocycles. The SMILES string of the molecule is Cc1nc2c(Br)cccc2n1C1CCNCC1. The first-order valence-corrected chi connectivity index (χ1v) is 6.90. The van der Waals surface area contributed by atoms with Crippen LogP contribution in [0, 0.1) is 6.92 Å². The molecule has 0 atom stereocenters. The Balaban J connectivity index is 2.14. The zero-order chi connectivity index (χ0) is 11.8. The van der Waals surface area contributed by atoms with Gasteiger partial charge in [-0.15, -0.1) is 0 Å². The Kier molecular flexibility index (Phi) is 2.92. The molecule has 1 aliphatic heterocycles. The molecule has 1 aromatic heterocycles. The predicted molar refractivity (Wildman–Crippen MR) is 73.3 cm³/mol. The summed E-state index contributed by atoms with van der Waals surface area (Å²) in [4.78, 5) is 4.68. The highest BCUT2D eigenvalue weighted by Gasteiger charge is 2.19. The number of fused-ring (bicyclic) bond motifs is 1. The van der Waals surface area contributed by atoms with E-state index in [0.29, 0.717) is 6.04 Å². The van der Waals surface area contributed by atoms with Crippen molar-refractivity contribution in [1.29, 1.82) is 0 Å². The second-order valence-corrected chi connectivity index (χ2v) is 5.47. The molecule has 1 N–H and O–H groups in total. The Morgan fingerprint density at radius 1 is 1.35 bits per heavy atom. The monoisotopic (exact) mass is 293 g/mol. The van der Waals surface area contributed by atoms with Gasteiger partial charge in [-0.3, -0.25) is 0 Å². The van der Waals surface area contributed by atoms with Gasteiger partial charge in [0.25, 0.3) is 0 Å². The zero-order valence-corrected chi connectivity index (χ0v) is 11.5. The molecule has 2 heterocycles. The van der Waals surface area contributed by atoms with E-state index in [1.807, 2.05) is 0 Å². The van der Waals surface area contributed by atoms with Gasteiger partial charge in [-0.2, -0.15) is 0 Å². The Morgan fingerprint density at radius 2 is 2.12 bits per heavy atom. The number of nitrogens with zero attached hydrogens (tertiary/aromatic N) is 2. The highest BCUT2D eigenvalue weighted by Crippen LogP contribution is 2.29. The normalized spacial score (nSPS) is 17.8. The molecular weight excluding hydrogens is 278 g/mol. The van der Waals surface area contributed by atoms with E-state index < -0.39 is 0 Å². The van der Waals surface area contributed by atoms with Gasteiger partial charge in [0.2, 0.25) is 0 Å². The number of nitrogens with one attached hydrogen (secondary N) is 1. The van der Waals surface area contributed by atoms with Crippen LogP contribution in [0.2, 0.25) is 0 Å². The van der Waals surface area contributed by atoms with Gasteiger partial charge in [0.15, 0.2) is 0 Å². The summed E-state index contributed by atoms with van der Waals surface area (Å²) in [7, 11) is 0. The van der Waals surface area contributed by atoms with Gasteiger partial charge in [0.05, 0.1) is 5.52 Å². The van der Waals surface area contributed by atoms with Gasteiger partial charge >= 0.3 is 0 Å². The number of rotatable bonds is 1. The molecule has 1 aliphatic rings. The van der Waals surface area contributed by atoms with Crippen molar-refractivity contribution in [3.05, 3.63) is 28.5 Å². The van der Waals surface area contributed by atoms with Crippen molar-refractivity contribution >= 4 is 27.0 Å². The van der Waals surface area contributed by atoms with Crippen molar-refractivity contribution in [1.82, 2.24) is 14.9 Å². The minimum atomic E-state index is 0.593. The van der Waals surface area contributed by atoms with Gasteiger partial charge in [-0.1, -0.05) is 6.07 Å². The second-order valence-electron chi connectivity index (χ2n) is 4.62. The quantitative estimate of drug-likeness (QED) is 0.876. The van der Waals surface area contributed by atoms with Crippen LogP contribution in [0.1, 0.15) is 24.7 Å². The van der Waals surface area contributed by atoms with E-state index in [1.165, 1.54) is 18.4 Å². The first-order valence-electron chi connectivity index (χ1n) is 6.11. The number of hydrogen-bond donors (Lipinski definition) is 1. The molecule has 1 aromatic carbocycles. The lowest BCUT2D eigenvalue weighted by atomic mass is 10.1. The van der Waals surface area contributed by atoms with Crippen LogP contribution < -0.4 is 5.32 Å². The minimum absolute atomic E-state index is 0.593. The number of piperidine rings is 1. The molecule has 1 saturated heterocycles. The first kappa shape index (κ1) is 11.2. The molecule has 0 bridgehead atoms. The number of hydrogen-bond acceptors (Lipinski definition) is 2. The summed E-state index contributed by atoms with van der Waals surface area (Å²) in [6.45, 7) is 4.32. The van der Waals surface area contributed by atoms with Crippen LogP contribution in [-0.4, -0.2) is 22.6 Å². The summed E-state index contributed by atoms with van der Waals surface area (Å²) >= 11 is 3.58. The van der Waals surface area contributed by atoms with Crippen molar-refractivity contribution in [2.24, 2.45) is 0 Å². The van der Waals surface area contributed by atoms with Gasteiger partial charge in [-0.05, 0) is 60.9 Å². The van der Waals surface area contributed by atoms with Crippen LogP contribution in [0.5, 0.6) is 0 Å². The van der Waals surface area contributed by atoms with Gasteiger partial charge in [0, 0.05) is 10.5 Å². The minimum Gasteiger partial charge on any atom is -0.325 e. The van der Waals surface area contributed by atoms with Crippen molar-refractivity contribution in [2.75, 3.05) is 13.1 Å². The van der Waals surface area contributed by atoms with Crippen molar-refractivity contribution in [3.8, 4) is 0 Å². The van der Waals surface area contributed by atoms with Gasteiger partial charge in [0.1, 0.15) is 11.3 Å². The fourth-order valence-electron chi connectivity index (χ4n) is 2.72. The maximum absolute atomic E-state index is 4.68. The first-order chi connectivity index (χ1) is 8.27. The number of aryl methyl sites for hydroxylation is 1. The summed E-state index contributed by atoms with van der Waals surface area (Å²) in [6.07, 6.45) is 2.39. The number of benzene rings is 1. The Bertz CT molecular complexity index is 541. The molecule has 2 aromatic rings. The molecule has 0 saturated carbocycles. The molecule has 0 spiro atoms. The molecule has 0 unspecified atom stereocenters.